The van der Waals surface area contributed by atoms with Crippen LogP contribution < -0.4 is 10.6 Å². The molecular formula is C13H26F3IN4. The number of piperidine rings is 1. The van der Waals surface area contributed by atoms with E-state index in [2.05, 4.69) is 27.4 Å². The van der Waals surface area contributed by atoms with Crippen molar-refractivity contribution in [3.63, 3.8) is 0 Å². The highest BCUT2D eigenvalue weighted by atomic mass is 127. The molecule has 0 amide bonds. The summed E-state index contributed by atoms with van der Waals surface area (Å²) in [6, 6.07) is 0. The predicted molar refractivity (Wildman–Crippen MR) is 90.3 cm³/mol. The number of nitrogens with one attached hydrogen (secondary N) is 2. The average Bonchev–Trinajstić information content (AvgIpc) is 2.35. The second kappa shape index (κ2) is 10.5. The van der Waals surface area contributed by atoms with E-state index < -0.39 is 12.6 Å². The summed E-state index contributed by atoms with van der Waals surface area (Å²) in [6.07, 6.45) is -2.47. The zero-order valence-corrected chi connectivity index (χ0v) is 15.0. The molecule has 1 saturated heterocycles. The van der Waals surface area contributed by atoms with E-state index in [1.807, 2.05) is 0 Å². The van der Waals surface area contributed by atoms with Crippen LogP contribution in [0.3, 0.4) is 0 Å². The Morgan fingerprint density at radius 3 is 2.52 bits per heavy atom. The van der Waals surface area contributed by atoms with Gasteiger partial charge in [-0.1, -0.05) is 6.92 Å². The smallest absolute Gasteiger partial charge is 0.356 e. The van der Waals surface area contributed by atoms with Crippen LogP contribution in [0.25, 0.3) is 0 Å². The highest BCUT2D eigenvalue weighted by Crippen LogP contribution is 2.18. The number of aliphatic imine (C=N–C) groups is 1. The number of hydrogen-bond donors (Lipinski definition) is 2. The zero-order chi connectivity index (χ0) is 15.0. The van der Waals surface area contributed by atoms with Crippen molar-refractivity contribution < 1.29 is 13.2 Å². The number of rotatable bonds is 5. The Morgan fingerprint density at radius 1 is 1.29 bits per heavy atom. The van der Waals surface area contributed by atoms with Crippen LogP contribution in [0.1, 0.15) is 26.2 Å². The first kappa shape index (κ1) is 20.8. The number of nitrogens with zero attached hydrogens (tertiary/aromatic N) is 2. The minimum absolute atomic E-state index is 0. The molecule has 0 spiro atoms. The van der Waals surface area contributed by atoms with E-state index in [0.29, 0.717) is 12.5 Å². The largest absolute Gasteiger partial charge is 0.390 e. The molecule has 0 aromatic heterocycles. The Bertz CT molecular complexity index is 310. The summed E-state index contributed by atoms with van der Waals surface area (Å²) in [5.41, 5.74) is 0. The molecule has 126 valence electrons. The molecule has 1 aliphatic heterocycles. The third kappa shape index (κ3) is 10.2. The van der Waals surface area contributed by atoms with Crippen molar-refractivity contribution in [2.24, 2.45) is 10.9 Å². The van der Waals surface area contributed by atoms with Crippen LogP contribution in [0.4, 0.5) is 13.2 Å². The van der Waals surface area contributed by atoms with Crippen molar-refractivity contribution in [1.82, 2.24) is 15.5 Å². The third-order valence-electron chi connectivity index (χ3n) is 3.39. The maximum absolute atomic E-state index is 12.0. The molecule has 1 atom stereocenters. The van der Waals surface area contributed by atoms with Crippen LogP contribution in [-0.2, 0) is 0 Å². The van der Waals surface area contributed by atoms with Gasteiger partial charge in [-0.05, 0) is 25.3 Å². The molecule has 0 bridgehead atoms. The lowest BCUT2D eigenvalue weighted by Crippen LogP contribution is -2.44. The van der Waals surface area contributed by atoms with Gasteiger partial charge in [0.05, 0.1) is 6.42 Å². The predicted octanol–water partition coefficient (Wildman–Crippen LogP) is 2.45. The highest BCUT2D eigenvalue weighted by Gasteiger charge is 2.26. The lowest BCUT2D eigenvalue weighted by atomic mass is 10.0. The molecule has 0 aromatic carbocycles. The van der Waals surface area contributed by atoms with Crippen molar-refractivity contribution in [2.45, 2.75) is 32.4 Å². The molecule has 2 N–H and O–H groups in total. The van der Waals surface area contributed by atoms with Gasteiger partial charge in [0.2, 0.25) is 0 Å². The van der Waals surface area contributed by atoms with E-state index in [1.54, 1.807) is 7.05 Å². The summed E-state index contributed by atoms with van der Waals surface area (Å²) in [5, 5.41) is 5.72. The summed E-state index contributed by atoms with van der Waals surface area (Å²) in [5.74, 6) is 1.16. The zero-order valence-electron chi connectivity index (χ0n) is 12.7. The van der Waals surface area contributed by atoms with Gasteiger partial charge in [-0.2, -0.15) is 13.2 Å². The van der Waals surface area contributed by atoms with Crippen LogP contribution in [-0.4, -0.2) is 56.8 Å². The molecule has 1 unspecified atom stereocenters. The second-order valence-electron chi connectivity index (χ2n) is 5.34. The van der Waals surface area contributed by atoms with Crippen molar-refractivity contribution in [2.75, 3.05) is 39.8 Å². The summed E-state index contributed by atoms with van der Waals surface area (Å²) in [7, 11) is 1.56. The van der Waals surface area contributed by atoms with Crippen molar-refractivity contribution in [1.29, 1.82) is 0 Å². The van der Waals surface area contributed by atoms with E-state index >= 15 is 0 Å². The van der Waals surface area contributed by atoms with E-state index in [1.165, 1.54) is 12.8 Å². The first-order valence-corrected chi connectivity index (χ1v) is 7.14. The van der Waals surface area contributed by atoms with E-state index in [4.69, 9.17) is 0 Å². The molecule has 0 radical (unpaired) electrons. The fourth-order valence-corrected chi connectivity index (χ4v) is 2.37. The minimum Gasteiger partial charge on any atom is -0.356 e. The summed E-state index contributed by atoms with van der Waals surface area (Å²) >= 11 is 0. The van der Waals surface area contributed by atoms with E-state index in [9.17, 15) is 13.2 Å². The monoisotopic (exact) mass is 422 g/mol. The fourth-order valence-electron chi connectivity index (χ4n) is 2.37. The molecular weight excluding hydrogens is 396 g/mol. The van der Waals surface area contributed by atoms with Crippen molar-refractivity contribution >= 4 is 29.9 Å². The number of guanidine groups is 1. The Balaban J connectivity index is 0.00000400. The maximum Gasteiger partial charge on any atom is 0.390 e. The summed E-state index contributed by atoms with van der Waals surface area (Å²) in [4.78, 5) is 6.29. The molecule has 4 nitrogen and oxygen atoms in total. The SMILES string of the molecule is CN=C(NCCN1CCCC(C)C1)NCCC(F)(F)F.I. The van der Waals surface area contributed by atoms with Gasteiger partial charge < -0.3 is 15.5 Å². The quantitative estimate of drug-likeness (QED) is 0.406. The van der Waals surface area contributed by atoms with Crippen LogP contribution in [0.5, 0.6) is 0 Å². The van der Waals surface area contributed by atoms with Crippen LogP contribution in [0.15, 0.2) is 4.99 Å². The maximum atomic E-state index is 12.0. The van der Waals surface area contributed by atoms with Gasteiger partial charge in [0, 0.05) is 33.2 Å². The van der Waals surface area contributed by atoms with Crippen LogP contribution in [0, 0.1) is 5.92 Å². The van der Waals surface area contributed by atoms with Crippen LogP contribution >= 0.6 is 24.0 Å². The highest BCUT2D eigenvalue weighted by molar-refractivity contribution is 14.0. The van der Waals surface area contributed by atoms with Gasteiger partial charge in [-0.3, -0.25) is 4.99 Å². The number of likely N-dealkylation sites (tertiary alicyclic amines) is 1. The van der Waals surface area contributed by atoms with Gasteiger partial charge in [-0.25, -0.2) is 0 Å². The second-order valence-corrected chi connectivity index (χ2v) is 5.34. The first-order chi connectivity index (χ1) is 9.40. The summed E-state index contributed by atoms with van der Waals surface area (Å²) < 4.78 is 36.1. The lowest BCUT2D eigenvalue weighted by molar-refractivity contribution is -0.132. The summed E-state index contributed by atoms with van der Waals surface area (Å²) in [6.45, 7) is 5.89. The number of hydrogen-bond acceptors (Lipinski definition) is 2. The molecule has 1 heterocycles. The van der Waals surface area contributed by atoms with E-state index in [-0.39, 0.29) is 30.5 Å². The number of halogens is 4. The fraction of sp³-hybridized carbons (Fsp3) is 0.923. The van der Waals surface area contributed by atoms with Gasteiger partial charge in [0.15, 0.2) is 5.96 Å². The molecule has 1 rings (SSSR count). The molecule has 0 saturated carbocycles. The van der Waals surface area contributed by atoms with Crippen molar-refractivity contribution in [3.05, 3.63) is 0 Å². The van der Waals surface area contributed by atoms with Gasteiger partial charge in [0.25, 0.3) is 0 Å². The Morgan fingerprint density at radius 2 is 1.95 bits per heavy atom. The van der Waals surface area contributed by atoms with Gasteiger partial charge >= 0.3 is 6.18 Å². The Labute approximate surface area is 142 Å². The Kier molecular flexibility index (Phi) is 10.3. The molecule has 21 heavy (non-hydrogen) atoms. The van der Waals surface area contributed by atoms with Gasteiger partial charge in [-0.15, -0.1) is 24.0 Å². The minimum atomic E-state index is -4.13. The molecule has 0 aromatic rings. The average molecular weight is 422 g/mol. The van der Waals surface area contributed by atoms with Gasteiger partial charge in [0.1, 0.15) is 0 Å². The lowest BCUT2D eigenvalue weighted by Gasteiger charge is -2.30. The third-order valence-corrected chi connectivity index (χ3v) is 3.39. The van der Waals surface area contributed by atoms with E-state index in [0.717, 1.165) is 25.6 Å². The number of alkyl halides is 3. The molecule has 1 fully saturated rings. The first-order valence-electron chi connectivity index (χ1n) is 7.14. The Hall–Kier alpha value is -0.250. The standard InChI is InChI=1S/C13H25F3N4.HI/c1-11-4-3-8-20(10-11)9-7-19-12(17-2)18-6-5-13(14,15)16;/h11H,3-10H2,1-2H3,(H2,17,18,19);1H. The normalized spacial score (nSPS) is 20.8. The topological polar surface area (TPSA) is 39.7 Å². The molecule has 1 aliphatic rings. The molecule has 0 aliphatic carbocycles. The molecule has 8 heteroatoms. The van der Waals surface area contributed by atoms with Crippen molar-refractivity contribution in [3.8, 4) is 0 Å². The van der Waals surface area contributed by atoms with Crippen LogP contribution in [0.2, 0.25) is 0 Å².